The number of hydrogen-bond donors (Lipinski definition) is 1. The molecule has 1 aliphatic carbocycles. The van der Waals surface area contributed by atoms with Crippen molar-refractivity contribution in [1.82, 2.24) is 0 Å². The fraction of sp³-hybridized carbons (Fsp3) is 0.143. The Bertz CT molecular complexity index is 514. The monoisotopic (exact) mass is 212 g/mol. The van der Waals surface area contributed by atoms with Crippen LogP contribution in [0.3, 0.4) is 0 Å². The Labute approximate surface area is 95.4 Å². The zero-order valence-corrected chi connectivity index (χ0v) is 9.30. The third-order valence-corrected chi connectivity index (χ3v) is 3.46. The molecule has 0 N–H and O–H groups in total. The van der Waals surface area contributed by atoms with Crippen LogP contribution in [0.15, 0.2) is 42.5 Å². The van der Waals surface area contributed by atoms with Gasteiger partial charge in [-0.15, -0.1) is 0 Å². The molecular weight excluding hydrogens is 200 g/mol. The van der Waals surface area contributed by atoms with Gasteiger partial charge in [0.1, 0.15) is 0 Å². The minimum Gasteiger partial charge on any atom is -0.175 e. The summed E-state index contributed by atoms with van der Waals surface area (Å²) in [6, 6.07) is 15.2. The third kappa shape index (κ3) is 1.30. The van der Waals surface area contributed by atoms with Gasteiger partial charge in [-0.25, -0.2) is 0 Å². The maximum absolute atomic E-state index is 4.39. The molecule has 0 unspecified atom stereocenters. The first-order chi connectivity index (χ1) is 7.40. The highest BCUT2D eigenvalue weighted by Gasteiger charge is 2.19. The van der Waals surface area contributed by atoms with Gasteiger partial charge >= 0.3 is 0 Å². The number of hydrogen-bond acceptors (Lipinski definition) is 1. The van der Waals surface area contributed by atoms with E-state index >= 15 is 0 Å². The van der Waals surface area contributed by atoms with Gasteiger partial charge in [-0.1, -0.05) is 42.5 Å². The Hall–Kier alpha value is -1.21. The van der Waals surface area contributed by atoms with Gasteiger partial charge in [-0.05, 0) is 34.2 Å². The fourth-order valence-electron chi connectivity index (χ4n) is 2.37. The van der Waals surface area contributed by atoms with Crippen molar-refractivity contribution in [2.75, 3.05) is 0 Å². The average molecular weight is 212 g/mol. The van der Waals surface area contributed by atoms with Crippen molar-refractivity contribution in [2.45, 2.75) is 12.2 Å². The van der Waals surface area contributed by atoms with Crippen LogP contribution in [-0.2, 0) is 12.2 Å². The van der Waals surface area contributed by atoms with Crippen molar-refractivity contribution < 1.29 is 0 Å². The normalized spacial score (nSPS) is 12.3. The van der Waals surface area contributed by atoms with Crippen LogP contribution in [0.25, 0.3) is 11.1 Å². The average Bonchev–Trinajstić information content (AvgIpc) is 2.67. The third-order valence-electron chi connectivity index (χ3n) is 3.12. The molecule has 0 amide bonds. The highest BCUT2D eigenvalue weighted by atomic mass is 32.1. The summed E-state index contributed by atoms with van der Waals surface area (Å²) in [5.41, 5.74) is 7.08. The lowest BCUT2D eigenvalue weighted by Crippen LogP contribution is -1.88. The van der Waals surface area contributed by atoms with E-state index in [1.54, 1.807) is 0 Å². The molecule has 1 aliphatic rings. The first kappa shape index (κ1) is 9.05. The molecule has 0 heterocycles. The number of benzene rings is 2. The van der Waals surface area contributed by atoms with Gasteiger partial charge in [-0.2, -0.15) is 12.6 Å². The lowest BCUT2D eigenvalue weighted by Gasteiger charge is -2.04. The van der Waals surface area contributed by atoms with E-state index in [9.17, 15) is 0 Å². The molecule has 0 spiro atoms. The van der Waals surface area contributed by atoms with E-state index in [0.717, 1.165) is 12.2 Å². The van der Waals surface area contributed by atoms with Crippen molar-refractivity contribution in [1.29, 1.82) is 0 Å². The van der Waals surface area contributed by atoms with Crippen LogP contribution in [0.1, 0.15) is 16.7 Å². The molecule has 0 radical (unpaired) electrons. The summed E-state index contributed by atoms with van der Waals surface area (Å²) in [6.07, 6.45) is 1.07. The van der Waals surface area contributed by atoms with Gasteiger partial charge in [0.25, 0.3) is 0 Å². The molecule has 0 bridgehead atoms. The summed E-state index contributed by atoms with van der Waals surface area (Å²) < 4.78 is 0. The van der Waals surface area contributed by atoms with Gasteiger partial charge in [0.2, 0.25) is 0 Å². The van der Waals surface area contributed by atoms with E-state index in [0.29, 0.717) is 0 Å². The van der Waals surface area contributed by atoms with Crippen LogP contribution in [0.4, 0.5) is 0 Å². The molecule has 2 aromatic rings. The largest absolute Gasteiger partial charge is 0.175 e. The zero-order chi connectivity index (χ0) is 10.3. The van der Waals surface area contributed by atoms with Crippen molar-refractivity contribution in [3.05, 3.63) is 59.2 Å². The van der Waals surface area contributed by atoms with E-state index in [1.807, 2.05) is 0 Å². The van der Waals surface area contributed by atoms with Crippen LogP contribution in [0.5, 0.6) is 0 Å². The molecule has 0 saturated heterocycles. The Balaban J connectivity index is 2.26. The van der Waals surface area contributed by atoms with Gasteiger partial charge in [0.05, 0.1) is 0 Å². The van der Waals surface area contributed by atoms with Gasteiger partial charge in [0, 0.05) is 5.75 Å². The predicted octanol–water partition coefficient (Wildman–Crippen LogP) is 3.69. The minimum atomic E-state index is 0.831. The first-order valence-electron chi connectivity index (χ1n) is 5.20. The summed E-state index contributed by atoms with van der Waals surface area (Å²) in [7, 11) is 0. The molecule has 0 aromatic heterocycles. The maximum atomic E-state index is 4.39. The number of fused-ring (bicyclic) bond motifs is 3. The predicted molar refractivity (Wildman–Crippen MR) is 67.4 cm³/mol. The molecule has 0 nitrogen and oxygen atoms in total. The van der Waals surface area contributed by atoms with Gasteiger partial charge in [-0.3, -0.25) is 0 Å². The minimum absolute atomic E-state index is 0.831. The Morgan fingerprint density at radius 1 is 0.933 bits per heavy atom. The van der Waals surface area contributed by atoms with Crippen molar-refractivity contribution in [3.63, 3.8) is 0 Å². The molecule has 0 saturated carbocycles. The van der Waals surface area contributed by atoms with Crippen LogP contribution < -0.4 is 0 Å². The van der Waals surface area contributed by atoms with Gasteiger partial charge in [0.15, 0.2) is 0 Å². The standard InChI is InChI=1S/C14H12S/c15-9-11-5-3-7-13-12-6-2-1-4-10(12)8-14(11)13/h1-7,15H,8-9H2. The Kier molecular flexibility index (Phi) is 2.06. The molecule has 0 atom stereocenters. The second-order valence-electron chi connectivity index (χ2n) is 3.94. The molecule has 74 valence electrons. The van der Waals surface area contributed by atoms with E-state index < -0.39 is 0 Å². The summed E-state index contributed by atoms with van der Waals surface area (Å²) in [4.78, 5) is 0. The zero-order valence-electron chi connectivity index (χ0n) is 8.40. The second kappa shape index (κ2) is 3.42. The van der Waals surface area contributed by atoms with E-state index in [2.05, 4.69) is 55.1 Å². The molecule has 0 aliphatic heterocycles. The topological polar surface area (TPSA) is 0 Å². The fourth-order valence-corrected chi connectivity index (χ4v) is 2.67. The molecule has 15 heavy (non-hydrogen) atoms. The summed E-state index contributed by atoms with van der Waals surface area (Å²) in [5, 5.41) is 0. The van der Waals surface area contributed by atoms with Crippen molar-refractivity contribution in [2.24, 2.45) is 0 Å². The molecule has 1 heteroatoms. The summed E-state index contributed by atoms with van der Waals surface area (Å²) >= 11 is 4.39. The van der Waals surface area contributed by atoms with Crippen LogP contribution in [-0.4, -0.2) is 0 Å². The highest BCUT2D eigenvalue weighted by molar-refractivity contribution is 7.79. The first-order valence-corrected chi connectivity index (χ1v) is 5.83. The second-order valence-corrected chi connectivity index (χ2v) is 4.25. The Morgan fingerprint density at radius 3 is 2.60 bits per heavy atom. The molecule has 3 rings (SSSR count). The van der Waals surface area contributed by atoms with Crippen molar-refractivity contribution in [3.8, 4) is 11.1 Å². The van der Waals surface area contributed by atoms with E-state index in [-0.39, 0.29) is 0 Å². The highest BCUT2D eigenvalue weighted by Crippen LogP contribution is 2.38. The number of thiol groups is 1. The number of rotatable bonds is 1. The molecule has 2 aromatic carbocycles. The quantitative estimate of drug-likeness (QED) is 0.584. The summed E-state index contributed by atoms with van der Waals surface area (Å²) in [5.74, 6) is 0.831. The molecule has 0 fully saturated rings. The van der Waals surface area contributed by atoms with E-state index in [4.69, 9.17) is 0 Å². The van der Waals surface area contributed by atoms with Crippen LogP contribution in [0, 0.1) is 0 Å². The SMILES string of the molecule is SCc1cccc2c1Cc1ccccc1-2. The van der Waals surface area contributed by atoms with Crippen LogP contribution >= 0.6 is 12.6 Å². The lowest BCUT2D eigenvalue weighted by atomic mass is 10.0. The van der Waals surface area contributed by atoms with Gasteiger partial charge < -0.3 is 0 Å². The smallest absolute Gasteiger partial charge is 0.0157 e. The Morgan fingerprint density at radius 2 is 1.73 bits per heavy atom. The van der Waals surface area contributed by atoms with Crippen LogP contribution in [0.2, 0.25) is 0 Å². The van der Waals surface area contributed by atoms with E-state index in [1.165, 1.54) is 27.8 Å². The molecular formula is C14H12S. The summed E-state index contributed by atoms with van der Waals surface area (Å²) in [6.45, 7) is 0. The van der Waals surface area contributed by atoms with Crippen molar-refractivity contribution >= 4 is 12.6 Å². The lowest BCUT2D eigenvalue weighted by molar-refractivity contribution is 1.21. The maximum Gasteiger partial charge on any atom is 0.0157 e.